The third-order valence-corrected chi connectivity index (χ3v) is 3.91. The minimum Gasteiger partial charge on any atom is -0.481 e. The summed E-state index contributed by atoms with van der Waals surface area (Å²) in [6, 6.07) is 9.75. The van der Waals surface area contributed by atoms with Crippen LogP contribution in [-0.2, 0) is 4.79 Å². The van der Waals surface area contributed by atoms with Gasteiger partial charge in [0.05, 0.1) is 9.95 Å². The van der Waals surface area contributed by atoms with Crippen molar-refractivity contribution < 1.29 is 23.6 Å². The Hall–Kier alpha value is -3.79. The van der Waals surface area contributed by atoms with Gasteiger partial charge in [0.1, 0.15) is 23.5 Å². The standard InChI is InChI=1S/C19H14ClFN4O5/c1-11(18(26)24-17-7-2-13(10-22-17)25(27)28)29-14-3-5-15(6-4-14)30-19-16(21)8-12(20)9-23-19/h2-11H,1H3,(H,22,24,26). The molecule has 1 atom stereocenters. The Morgan fingerprint density at radius 3 is 2.47 bits per heavy atom. The minimum atomic E-state index is -0.885. The van der Waals surface area contributed by atoms with Gasteiger partial charge in [-0.25, -0.2) is 14.4 Å². The molecule has 3 aromatic rings. The third kappa shape index (κ3) is 5.39. The van der Waals surface area contributed by atoms with Gasteiger partial charge in [-0.15, -0.1) is 0 Å². The van der Waals surface area contributed by atoms with Gasteiger partial charge < -0.3 is 14.8 Å². The van der Waals surface area contributed by atoms with Crippen LogP contribution in [0.2, 0.25) is 5.02 Å². The average Bonchev–Trinajstić information content (AvgIpc) is 2.71. The van der Waals surface area contributed by atoms with Gasteiger partial charge in [0, 0.05) is 12.3 Å². The average molecular weight is 433 g/mol. The van der Waals surface area contributed by atoms with Crippen LogP contribution in [0.3, 0.4) is 0 Å². The van der Waals surface area contributed by atoms with E-state index in [1.54, 1.807) is 0 Å². The Labute approximate surface area is 174 Å². The van der Waals surface area contributed by atoms with Gasteiger partial charge in [-0.05, 0) is 43.3 Å². The molecule has 2 aromatic heterocycles. The fraction of sp³-hybridized carbons (Fsp3) is 0.105. The fourth-order valence-corrected chi connectivity index (χ4v) is 2.37. The van der Waals surface area contributed by atoms with Crippen LogP contribution >= 0.6 is 11.6 Å². The maximum atomic E-state index is 13.7. The lowest BCUT2D eigenvalue weighted by molar-refractivity contribution is -0.385. The van der Waals surface area contributed by atoms with E-state index in [1.165, 1.54) is 49.5 Å². The Bertz CT molecular complexity index is 1060. The van der Waals surface area contributed by atoms with Crippen molar-refractivity contribution in [2.45, 2.75) is 13.0 Å². The molecule has 0 radical (unpaired) electrons. The lowest BCUT2D eigenvalue weighted by Crippen LogP contribution is -2.30. The van der Waals surface area contributed by atoms with E-state index in [0.717, 1.165) is 12.3 Å². The van der Waals surface area contributed by atoms with Crippen LogP contribution in [0.1, 0.15) is 6.92 Å². The molecule has 9 nitrogen and oxygen atoms in total. The molecular formula is C19H14ClFN4O5. The molecule has 1 aromatic carbocycles. The van der Waals surface area contributed by atoms with Gasteiger partial charge in [0.25, 0.3) is 17.5 Å². The number of carbonyl (C=O) groups excluding carboxylic acids is 1. The van der Waals surface area contributed by atoms with E-state index < -0.39 is 22.8 Å². The van der Waals surface area contributed by atoms with Crippen molar-refractivity contribution in [3.8, 4) is 17.4 Å². The van der Waals surface area contributed by atoms with E-state index in [1.807, 2.05) is 0 Å². The number of amides is 1. The highest BCUT2D eigenvalue weighted by Gasteiger charge is 2.16. The number of carbonyl (C=O) groups is 1. The maximum absolute atomic E-state index is 13.7. The molecule has 0 aliphatic rings. The number of hydrogen-bond acceptors (Lipinski definition) is 7. The molecule has 0 saturated heterocycles. The van der Waals surface area contributed by atoms with Gasteiger partial charge in [-0.2, -0.15) is 0 Å². The van der Waals surface area contributed by atoms with Crippen molar-refractivity contribution in [1.29, 1.82) is 0 Å². The van der Waals surface area contributed by atoms with Crippen LogP contribution in [0, 0.1) is 15.9 Å². The SMILES string of the molecule is CC(Oc1ccc(Oc2ncc(Cl)cc2F)cc1)C(=O)Nc1ccc([N+](=O)[O-])cn1. The van der Waals surface area contributed by atoms with Gasteiger partial charge in [0.15, 0.2) is 11.9 Å². The van der Waals surface area contributed by atoms with E-state index in [2.05, 4.69) is 15.3 Å². The second-order valence-electron chi connectivity index (χ2n) is 5.92. The number of nitrogens with one attached hydrogen (secondary N) is 1. The summed E-state index contributed by atoms with van der Waals surface area (Å²) < 4.78 is 24.6. The normalized spacial score (nSPS) is 11.4. The zero-order valence-electron chi connectivity index (χ0n) is 15.4. The van der Waals surface area contributed by atoms with Crippen LogP contribution in [0.5, 0.6) is 17.4 Å². The highest BCUT2D eigenvalue weighted by atomic mass is 35.5. The molecule has 2 heterocycles. The third-order valence-electron chi connectivity index (χ3n) is 3.70. The number of aromatic nitrogens is 2. The zero-order valence-corrected chi connectivity index (χ0v) is 16.2. The number of anilines is 1. The molecule has 0 fully saturated rings. The molecule has 0 bridgehead atoms. The molecule has 11 heteroatoms. The van der Waals surface area contributed by atoms with Crippen LogP contribution in [0.4, 0.5) is 15.9 Å². The Morgan fingerprint density at radius 2 is 1.87 bits per heavy atom. The van der Waals surface area contributed by atoms with Crippen LogP contribution in [0.25, 0.3) is 0 Å². The van der Waals surface area contributed by atoms with E-state index in [0.29, 0.717) is 11.5 Å². The largest absolute Gasteiger partial charge is 0.481 e. The van der Waals surface area contributed by atoms with Gasteiger partial charge in [-0.1, -0.05) is 11.6 Å². The molecule has 154 valence electrons. The lowest BCUT2D eigenvalue weighted by Gasteiger charge is -2.14. The highest BCUT2D eigenvalue weighted by Crippen LogP contribution is 2.26. The van der Waals surface area contributed by atoms with Gasteiger partial charge >= 0.3 is 0 Å². The fourth-order valence-electron chi connectivity index (χ4n) is 2.23. The Balaban J connectivity index is 1.57. The number of pyridine rings is 2. The molecule has 3 rings (SSSR count). The maximum Gasteiger partial charge on any atom is 0.287 e. The molecule has 1 N–H and O–H groups in total. The van der Waals surface area contributed by atoms with Crippen molar-refractivity contribution in [1.82, 2.24) is 9.97 Å². The van der Waals surface area contributed by atoms with Crippen molar-refractivity contribution in [2.75, 3.05) is 5.32 Å². The smallest absolute Gasteiger partial charge is 0.287 e. The van der Waals surface area contributed by atoms with Crippen molar-refractivity contribution in [3.63, 3.8) is 0 Å². The van der Waals surface area contributed by atoms with Crippen molar-refractivity contribution in [3.05, 3.63) is 75.8 Å². The summed E-state index contributed by atoms with van der Waals surface area (Å²) in [4.78, 5) is 29.8. The number of benzene rings is 1. The Kier molecular flexibility index (Phi) is 6.38. The van der Waals surface area contributed by atoms with Crippen LogP contribution in [-0.4, -0.2) is 26.9 Å². The molecule has 0 aliphatic carbocycles. The van der Waals surface area contributed by atoms with Crippen LogP contribution in [0.15, 0.2) is 54.9 Å². The molecule has 30 heavy (non-hydrogen) atoms. The van der Waals surface area contributed by atoms with Gasteiger partial charge in [-0.3, -0.25) is 14.9 Å². The number of hydrogen-bond donors (Lipinski definition) is 1. The number of rotatable bonds is 7. The first-order chi connectivity index (χ1) is 14.3. The number of nitro groups is 1. The summed E-state index contributed by atoms with van der Waals surface area (Å²) >= 11 is 5.65. The molecular weight excluding hydrogens is 419 g/mol. The first kappa shape index (κ1) is 20.9. The second-order valence-corrected chi connectivity index (χ2v) is 6.36. The summed E-state index contributed by atoms with van der Waals surface area (Å²) in [6.07, 6.45) is 1.42. The molecule has 1 amide bonds. The molecule has 0 aliphatic heterocycles. The first-order valence-electron chi connectivity index (χ1n) is 8.49. The van der Waals surface area contributed by atoms with E-state index in [-0.39, 0.29) is 22.4 Å². The van der Waals surface area contributed by atoms with E-state index >= 15 is 0 Å². The molecule has 1 unspecified atom stereocenters. The summed E-state index contributed by atoms with van der Waals surface area (Å²) in [5.74, 6) is -0.592. The predicted molar refractivity (Wildman–Crippen MR) is 105 cm³/mol. The molecule has 0 saturated carbocycles. The summed E-state index contributed by atoms with van der Waals surface area (Å²) in [5, 5.41) is 13.3. The molecule has 0 spiro atoms. The second kappa shape index (κ2) is 9.14. The summed E-state index contributed by atoms with van der Waals surface area (Å²) in [7, 11) is 0. The first-order valence-corrected chi connectivity index (χ1v) is 8.86. The van der Waals surface area contributed by atoms with E-state index in [9.17, 15) is 19.3 Å². The number of halogens is 2. The summed E-state index contributed by atoms with van der Waals surface area (Å²) in [5.41, 5.74) is -0.187. The lowest BCUT2D eigenvalue weighted by atomic mass is 10.3. The predicted octanol–water partition coefficient (Wildman–Crippen LogP) is 4.38. The number of ether oxygens (including phenoxy) is 2. The quantitative estimate of drug-likeness (QED) is 0.435. The summed E-state index contributed by atoms with van der Waals surface area (Å²) in [6.45, 7) is 1.53. The minimum absolute atomic E-state index is 0.153. The van der Waals surface area contributed by atoms with Gasteiger partial charge in [0.2, 0.25) is 0 Å². The van der Waals surface area contributed by atoms with Crippen molar-refractivity contribution in [2.24, 2.45) is 0 Å². The number of nitrogens with zero attached hydrogens (tertiary/aromatic N) is 3. The zero-order chi connectivity index (χ0) is 21.7. The topological polar surface area (TPSA) is 116 Å². The Morgan fingerprint density at radius 1 is 1.17 bits per heavy atom. The van der Waals surface area contributed by atoms with Crippen LogP contribution < -0.4 is 14.8 Å². The van der Waals surface area contributed by atoms with E-state index in [4.69, 9.17) is 21.1 Å². The monoisotopic (exact) mass is 432 g/mol. The highest BCUT2D eigenvalue weighted by molar-refractivity contribution is 6.30. The van der Waals surface area contributed by atoms with Crippen molar-refractivity contribution >= 4 is 29.0 Å².